The molecule has 5 rings (SSSR count). The minimum Gasteiger partial charge on any atom is -0.497 e. The minimum absolute atomic E-state index is 0.0624. The molecule has 3 bridgehead atoms. The first-order chi connectivity index (χ1) is 13.6. The molecule has 28 heavy (non-hydrogen) atoms. The zero-order valence-electron chi connectivity index (χ0n) is 16.6. The molecule has 6 nitrogen and oxygen atoms in total. The number of hydrogen-bond donors (Lipinski definition) is 1. The van der Waals surface area contributed by atoms with Crippen LogP contribution in [-0.2, 0) is 14.9 Å². The van der Waals surface area contributed by atoms with E-state index in [2.05, 4.69) is 11.0 Å². The number of esters is 1. The van der Waals surface area contributed by atoms with Gasteiger partial charge in [0, 0.05) is 24.7 Å². The molecule has 2 saturated heterocycles. The summed E-state index contributed by atoms with van der Waals surface area (Å²) in [5.74, 6) is 0.342. The maximum Gasteiger partial charge on any atom is 0.316 e. The van der Waals surface area contributed by atoms with E-state index < -0.39 is 10.8 Å². The second kappa shape index (κ2) is 5.91. The number of aliphatic hydroxyl groups is 1. The highest BCUT2D eigenvalue weighted by Crippen LogP contribution is 2.66. The second-order valence-electron chi connectivity index (χ2n) is 8.29. The molecule has 0 spiro atoms. The first-order valence-corrected chi connectivity index (χ1v) is 9.93. The molecule has 1 aromatic rings. The van der Waals surface area contributed by atoms with E-state index in [1.807, 2.05) is 25.1 Å². The first kappa shape index (κ1) is 17.9. The fourth-order valence-corrected chi connectivity index (χ4v) is 6.48. The lowest BCUT2D eigenvalue weighted by Crippen LogP contribution is -2.74. The Balaban J connectivity index is 1.85. The van der Waals surface area contributed by atoms with Crippen LogP contribution in [0.5, 0.6) is 5.75 Å². The van der Waals surface area contributed by atoms with Gasteiger partial charge in [-0.3, -0.25) is 14.7 Å². The molecule has 0 radical (unpaired) electrons. The summed E-state index contributed by atoms with van der Waals surface area (Å²) in [7, 11) is 3.07. The Morgan fingerprint density at radius 2 is 2.25 bits per heavy atom. The van der Waals surface area contributed by atoms with E-state index in [-0.39, 0.29) is 24.5 Å². The molecule has 3 fully saturated rings. The number of ether oxygens (including phenoxy) is 2. The van der Waals surface area contributed by atoms with Crippen LogP contribution in [0.25, 0.3) is 0 Å². The zero-order valence-corrected chi connectivity index (χ0v) is 16.6. The Hall–Kier alpha value is -2.18. The third-order valence-corrected chi connectivity index (χ3v) is 7.69. The van der Waals surface area contributed by atoms with E-state index in [1.54, 1.807) is 7.11 Å². The fraction of sp³-hybridized carbons (Fsp3) is 0.545. The normalized spacial score (nSPS) is 36.7. The molecule has 0 aromatic heterocycles. The van der Waals surface area contributed by atoms with Crippen molar-refractivity contribution in [3.05, 3.63) is 35.4 Å². The summed E-state index contributed by atoms with van der Waals surface area (Å²) >= 11 is 0. The predicted molar refractivity (Wildman–Crippen MR) is 105 cm³/mol. The Morgan fingerprint density at radius 1 is 1.43 bits per heavy atom. The first-order valence-electron chi connectivity index (χ1n) is 9.93. The van der Waals surface area contributed by atoms with Gasteiger partial charge in [0.15, 0.2) is 0 Å². The van der Waals surface area contributed by atoms with E-state index in [0.717, 1.165) is 48.6 Å². The smallest absolute Gasteiger partial charge is 0.316 e. The molecule has 4 atom stereocenters. The summed E-state index contributed by atoms with van der Waals surface area (Å²) in [5, 5.41) is 10.9. The Morgan fingerprint density at radius 3 is 2.93 bits per heavy atom. The molecule has 0 amide bonds. The number of benzene rings is 1. The van der Waals surface area contributed by atoms with Crippen molar-refractivity contribution in [2.75, 3.05) is 33.9 Å². The lowest BCUT2D eigenvalue weighted by molar-refractivity contribution is -0.170. The van der Waals surface area contributed by atoms with Gasteiger partial charge in [0.1, 0.15) is 11.2 Å². The molecule has 1 aromatic carbocycles. The predicted octanol–water partition coefficient (Wildman–Crippen LogP) is 2.22. The van der Waals surface area contributed by atoms with Gasteiger partial charge in [0.05, 0.1) is 38.0 Å². The Bertz CT molecular complexity index is 923. The van der Waals surface area contributed by atoms with Crippen LogP contribution in [-0.4, -0.2) is 61.6 Å². The summed E-state index contributed by atoms with van der Waals surface area (Å²) in [6, 6.07) is 6.08. The summed E-state index contributed by atoms with van der Waals surface area (Å²) in [5.41, 5.74) is 2.39. The monoisotopic (exact) mass is 382 g/mol. The Kier molecular flexibility index (Phi) is 3.77. The van der Waals surface area contributed by atoms with E-state index in [9.17, 15) is 9.90 Å². The molecule has 1 saturated carbocycles. The summed E-state index contributed by atoms with van der Waals surface area (Å²) in [6.07, 6.45) is 3.65. The Labute approximate surface area is 164 Å². The number of hydrogen-bond acceptors (Lipinski definition) is 6. The van der Waals surface area contributed by atoms with Crippen LogP contribution >= 0.6 is 0 Å². The van der Waals surface area contributed by atoms with Gasteiger partial charge in [0.2, 0.25) is 0 Å². The maximum absolute atomic E-state index is 13.5. The van der Waals surface area contributed by atoms with Crippen molar-refractivity contribution in [1.29, 1.82) is 0 Å². The molecule has 1 aliphatic carbocycles. The number of rotatable bonds is 3. The van der Waals surface area contributed by atoms with Crippen molar-refractivity contribution < 1.29 is 19.4 Å². The number of carbonyl (C=O) groups is 1. The molecule has 2 unspecified atom stereocenters. The molecule has 6 heteroatoms. The van der Waals surface area contributed by atoms with E-state index in [1.165, 1.54) is 12.7 Å². The van der Waals surface area contributed by atoms with Crippen molar-refractivity contribution in [2.45, 2.75) is 31.2 Å². The van der Waals surface area contributed by atoms with Crippen molar-refractivity contribution >= 4 is 17.4 Å². The number of aliphatic hydroxyl groups excluding tert-OH is 1. The number of methoxy groups -OCH3 is 2. The SMILES string of the molecule is C/C=C1/CN2CC[C@]34C(=Nc5ccc(OC)cc53)C2C[C@@H]1C4(CO)C(=O)OC. The molecule has 4 aliphatic rings. The van der Waals surface area contributed by atoms with Gasteiger partial charge < -0.3 is 14.6 Å². The largest absolute Gasteiger partial charge is 0.497 e. The quantitative estimate of drug-likeness (QED) is 0.641. The van der Waals surface area contributed by atoms with Gasteiger partial charge >= 0.3 is 5.97 Å². The van der Waals surface area contributed by atoms with E-state index in [4.69, 9.17) is 14.5 Å². The van der Waals surface area contributed by atoms with Gasteiger partial charge in [-0.25, -0.2) is 0 Å². The average Bonchev–Trinajstić information content (AvgIpc) is 3.08. The highest BCUT2D eigenvalue weighted by molar-refractivity contribution is 6.11. The summed E-state index contributed by atoms with van der Waals surface area (Å²) in [4.78, 5) is 21.0. The molecular weight excluding hydrogens is 356 g/mol. The lowest BCUT2D eigenvalue weighted by atomic mass is 9.43. The number of allylic oxidation sites excluding steroid dienone is 1. The second-order valence-corrected chi connectivity index (χ2v) is 8.29. The van der Waals surface area contributed by atoms with Gasteiger partial charge in [-0.2, -0.15) is 0 Å². The highest BCUT2D eigenvalue weighted by atomic mass is 16.5. The van der Waals surface area contributed by atoms with Crippen LogP contribution in [0.3, 0.4) is 0 Å². The van der Waals surface area contributed by atoms with Crippen LogP contribution in [0.1, 0.15) is 25.3 Å². The summed E-state index contributed by atoms with van der Waals surface area (Å²) in [6.45, 7) is 3.45. The highest BCUT2D eigenvalue weighted by Gasteiger charge is 2.73. The van der Waals surface area contributed by atoms with Gasteiger partial charge in [-0.15, -0.1) is 0 Å². The van der Waals surface area contributed by atoms with Crippen molar-refractivity contribution in [1.82, 2.24) is 4.90 Å². The van der Waals surface area contributed by atoms with Gasteiger partial charge in [-0.1, -0.05) is 11.6 Å². The van der Waals surface area contributed by atoms with Crippen molar-refractivity contribution in [3.63, 3.8) is 0 Å². The minimum atomic E-state index is -1.07. The van der Waals surface area contributed by atoms with Crippen molar-refractivity contribution in [3.8, 4) is 5.75 Å². The van der Waals surface area contributed by atoms with Crippen LogP contribution in [0, 0.1) is 11.3 Å². The maximum atomic E-state index is 13.5. The molecule has 3 heterocycles. The standard InChI is InChI=1S/C22H26N2O4/c1-4-13-11-24-8-7-21-16-9-14(27-2)5-6-17(16)23-19(21)18(24)10-15(13)22(21,12-25)20(26)28-3/h4-6,9,15,18,25H,7-8,10-12H2,1-3H3/b13-4-/t15-,18?,21+,22?/m0/s1. The third-order valence-electron chi connectivity index (χ3n) is 7.69. The molecule has 3 aliphatic heterocycles. The number of fused-ring (bicyclic) bond motifs is 2. The summed E-state index contributed by atoms with van der Waals surface area (Å²) < 4.78 is 10.9. The van der Waals surface area contributed by atoms with Gasteiger partial charge in [-0.05, 0) is 43.5 Å². The van der Waals surface area contributed by atoms with Crippen LogP contribution in [0.2, 0.25) is 0 Å². The zero-order chi connectivity index (χ0) is 19.7. The third kappa shape index (κ3) is 1.81. The average molecular weight is 382 g/mol. The fourth-order valence-electron chi connectivity index (χ4n) is 6.48. The number of aliphatic imine (C=N–C) groups is 1. The molecular formula is C22H26N2O4. The number of piperidine rings is 2. The van der Waals surface area contributed by atoms with E-state index >= 15 is 0 Å². The lowest BCUT2D eigenvalue weighted by Gasteiger charge is -2.64. The molecule has 148 valence electrons. The number of nitrogens with zero attached hydrogens (tertiary/aromatic N) is 2. The van der Waals surface area contributed by atoms with Crippen LogP contribution < -0.4 is 4.74 Å². The van der Waals surface area contributed by atoms with E-state index in [0.29, 0.717) is 0 Å². The van der Waals surface area contributed by atoms with Gasteiger partial charge in [0.25, 0.3) is 0 Å². The number of carbonyl (C=O) groups excluding carboxylic acids is 1. The van der Waals surface area contributed by atoms with Crippen LogP contribution in [0.4, 0.5) is 5.69 Å². The van der Waals surface area contributed by atoms with Crippen LogP contribution in [0.15, 0.2) is 34.8 Å². The topological polar surface area (TPSA) is 71.4 Å². The molecule has 1 N–H and O–H groups in total. The van der Waals surface area contributed by atoms with Crippen molar-refractivity contribution in [2.24, 2.45) is 16.3 Å².